The van der Waals surface area contributed by atoms with Crippen molar-refractivity contribution in [3.8, 4) is 0 Å². The molecule has 21 heavy (non-hydrogen) atoms. The van der Waals surface area contributed by atoms with Crippen LogP contribution in [-0.2, 0) is 11.3 Å². The highest BCUT2D eigenvalue weighted by Gasteiger charge is 2.36. The Balaban J connectivity index is 1.80. The molecule has 3 amide bonds. The number of carbonyl (C=O) groups is 2. The Labute approximate surface area is 124 Å². The Morgan fingerprint density at radius 3 is 2.81 bits per heavy atom. The summed E-state index contributed by atoms with van der Waals surface area (Å²) < 4.78 is 0. The van der Waals surface area contributed by atoms with Crippen LogP contribution in [0.1, 0.15) is 32.8 Å². The molecule has 0 spiro atoms. The van der Waals surface area contributed by atoms with Gasteiger partial charge in [0.05, 0.1) is 6.04 Å². The maximum absolute atomic E-state index is 11.9. The Morgan fingerprint density at radius 2 is 2.24 bits per heavy atom. The van der Waals surface area contributed by atoms with Gasteiger partial charge in [0.1, 0.15) is 0 Å². The highest BCUT2D eigenvalue weighted by molar-refractivity contribution is 5.82. The summed E-state index contributed by atoms with van der Waals surface area (Å²) >= 11 is 0. The lowest BCUT2D eigenvalue weighted by Crippen LogP contribution is -2.46. The van der Waals surface area contributed by atoms with Gasteiger partial charge in [-0.3, -0.25) is 9.78 Å². The van der Waals surface area contributed by atoms with Crippen molar-refractivity contribution in [3.63, 3.8) is 0 Å². The third kappa shape index (κ3) is 4.18. The van der Waals surface area contributed by atoms with E-state index in [2.05, 4.69) is 15.6 Å². The molecule has 1 unspecified atom stereocenters. The van der Waals surface area contributed by atoms with E-state index in [0.29, 0.717) is 19.5 Å². The van der Waals surface area contributed by atoms with Crippen LogP contribution in [0.5, 0.6) is 0 Å². The van der Waals surface area contributed by atoms with Crippen LogP contribution in [0, 0.1) is 0 Å². The van der Waals surface area contributed by atoms with Gasteiger partial charge in [-0.2, -0.15) is 0 Å². The van der Waals surface area contributed by atoms with Crippen molar-refractivity contribution < 1.29 is 9.59 Å². The van der Waals surface area contributed by atoms with Gasteiger partial charge in [-0.05, 0) is 32.4 Å². The van der Waals surface area contributed by atoms with E-state index in [0.717, 1.165) is 5.56 Å². The smallest absolute Gasteiger partial charge is 0.315 e. The van der Waals surface area contributed by atoms with E-state index >= 15 is 0 Å². The summed E-state index contributed by atoms with van der Waals surface area (Å²) in [7, 11) is 0. The number of pyridine rings is 1. The molecule has 2 rings (SSSR count). The molecule has 0 radical (unpaired) electrons. The fraction of sp³-hybridized carbons (Fsp3) is 0.533. The van der Waals surface area contributed by atoms with Crippen molar-refractivity contribution in [1.29, 1.82) is 0 Å². The van der Waals surface area contributed by atoms with Crippen LogP contribution in [0.15, 0.2) is 24.5 Å². The summed E-state index contributed by atoms with van der Waals surface area (Å²) in [5, 5.41) is 5.62. The summed E-state index contributed by atoms with van der Waals surface area (Å²) in [6.45, 7) is 6.97. The predicted molar refractivity (Wildman–Crippen MR) is 79.5 cm³/mol. The molecule has 0 aliphatic carbocycles. The number of likely N-dealkylation sites (tertiary alicyclic amines) is 1. The van der Waals surface area contributed by atoms with Crippen LogP contribution in [0.4, 0.5) is 4.79 Å². The molecule has 114 valence electrons. The molecule has 6 heteroatoms. The van der Waals surface area contributed by atoms with Crippen LogP contribution in [-0.4, -0.2) is 39.9 Å². The van der Waals surface area contributed by atoms with E-state index in [1.807, 2.05) is 32.9 Å². The lowest BCUT2D eigenvalue weighted by Gasteiger charge is -2.32. The zero-order chi connectivity index (χ0) is 15.5. The molecular formula is C15H22N4O2. The highest BCUT2D eigenvalue weighted by atomic mass is 16.2. The van der Waals surface area contributed by atoms with E-state index in [-0.39, 0.29) is 23.5 Å². The maximum atomic E-state index is 11.9. The van der Waals surface area contributed by atoms with Gasteiger partial charge in [0.25, 0.3) is 0 Å². The minimum atomic E-state index is -0.257. The predicted octanol–water partition coefficient (Wildman–Crippen LogP) is 1.28. The molecule has 0 aromatic carbocycles. The lowest BCUT2D eigenvalue weighted by molar-refractivity contribution is -0.131. The molecule has 1 aliphatic heterocycles. The Bertz CT molecular complexity index is 510. The van der Waals surface area contributed by atoms with Gasteiger partial charge in [-0.25, -0.2) is 4.79 Å². The number of nitrogens with zero attached hydrogens (tertiary/aromatic N) is 2. The van der Waals surface area contributed by atoms with Crippen molar-refractivity contribution in [2.24, 2.45) is 0 Å². The highest BCUT2D eigenvalue weighted by Crippen LogP contribution is 2.21. The van der Waals surface area contributed by atoms with Crippen molar-refractivity contribution in [2.75, 3.05) is 6.54 Å². The number of nitrogens with one attached hydrogen (secondary N) is 2. The van der Waals surface area contributed by atoms with Gasteiger partial charge >= 0.3 is 6.03 Å². The molecule has 0 bridgehead atoms. The SMILES string of the molecule is CC(C)(C)N1CC(NC(=O)NCc2cccnc2)CC1=O. The van der Waals surface area contributed by atoms with Gasteiger partial charge in [0, 0.05) is 37.4 Å². The van der Waals surface area contributed by atoms with E-state index in [4.69, 9.17) is 0 Å². The Kier molecular flexibility index (Phi) is 4.45. The quantitative estimate of drug-likeness (QED) is 0.880. The van der Waals surface area contributed by atoms with E-state index in [9.17, 15) is 9.59 Å². The van der Waals surface area contributed by atoms with Crippen molar-refractivity contribution in [1.82, 2.24) is 20.5 Å². The van der Waals surface area contributed by atoms with Crippen LogP contribution in [0.2, 0.25) is 0 Å². The molecule has 2 N–H and O–H groups in total. The average molecular weight is 290 g/mol. The molecular weight excluding hydrogens is 268 g/mol. The molecule has 1 atom stereocenters. The monoisotopic (exact) mass is 290 g/mol. The number of rotatable bonds is 3. The molecule has 1 aromatic rings. The van der Waals surface area contributed by atoms with E-state index < -0.39 is 0 Å². The number of amides is 3. The molecule has 1 fully saturated rings. The first-order valence-electron chi connectivity index (χ1n) is 7.10. The van der Waals surface area contributed by atoms with Crippen LogP contribution < -0.4 is 10.6 Å². The normalized spacial score (nSPS) is 18.7. The summed E-state index contributed by atoms with van der Waals surface area (Å²) in [6.07, 6.45) is 3.76. The van der Waals surface area contributed by atoms with Crippen LogP contribution >= 0.6 is 0 Å². The van der Waals surface area contributed by atoms with Gasteiger partial charge in [0.15, 0.2) is 0 Å². The molecule has 1 aromatic heterocycles. The number of urea groups is 1. The summed E-state index contributed by atoms with van der Waals surface area (Å²) in [5.41, 5.74) is 0.728. The molecule has 1 aliphatic rings. The summed E-state index contributed by atoms with van der Waals surface area (Å²) in [4.78, 5) is 29.6. The number of hydrogen-bond acceptors (Lipinski definition) is 3. The third-order valence-corrected chi connectivity index (χ3v) is 3.45. The minimum absolute atomic E-state index is 0.0834. The molecule has 0 saturated carbocycles. The fourth-order valence-corrected chi connectivity index (χ4v) is 2.37. The number of carbonyl (C=O) groups excluding carboxylic acids is 2. The van der Waals surface area contributed by atoms with E-state index in [1.54, 1.807) is 17.3 Å². The minimum Gasteiger partial charge on any atom is -0.336 e. The van der Waals surface area contributed by atoms with Crippen LogP contribution in [0.25, 0.3) is 0 Å². The summed E-state index contributed by atoms with van der Waals surface area (Å²) in [6, 6.07) is 3.33. The Hall–Kier alpha value is -2.11. The fourth-order valence-electron chi connectivity index (χ4n) is 2.37. The van der Waals surface area contributed by atoms with Crippen molar-refractivity contribution in [2.45, 2.75) is 45.3 Å². The Morgan fingerprint density at radius 1 is 1.48 bits per heavy atom. The molecule has 2 heterocycles. The second kappa shape index (κ2) is 6.11. The second-order valence-electron chi connectivity index (χ2n) is 6.26. The summed E-state index contributed by atoms with van der Waals surface area (Å²) in [5.74, 6) is 0.0834. The lowest BCUT2D eigenvalue weighted by atomic mass is 10.1. The average Bonchev–Trinajstić information content (AvgIpc) is 2.78. The zero-order valence-corrected chi connectivity index (χ0v) is 12.7. The molecule has 1 saturated heterocycles. The standard InChI is InChI=1S/C15H22N4O2/c1-15(2,3)19-10-12(7-13(19)20)18-14(21)17-9-11-5-4-6-16-8-11/h4-6,8,12H,7,9-10H2,1-3H3,(H2,17,18,21). The number of aromatic nitrogens is 1. The van der Waals surface area contributed by atoms with Gasteiger partial charge in [-0.1, -0.05) is 6.07 Å². The first-order valence-corrected chi connectivity index (χ1v) is 7.10. The number of hydrogen-bond donors (Lipinski definition) is 2. The van der Waals surface area contributed by atoms with Crippen LogP contribution in [0.3, 0.4) is 0 Å². The maximum Gasteiger partial charge on any atom is 0.315 e. The molecule has 6 nitrogen and oxygen atoms in total. The third-order valence-electron chi connectivity index (χ3n) is 3.45. The second-order valence-corrected chi connectivity index (χ2v) is 6.26. The van der Waals surface area contributed by atoms with E-state index in [1.165, 1.54) is 0 Å². The first kappa shape index (κ1) is 15.3. The largest absolute Gasteiger partial charge is 0.336 e. The van der Waals surface area contributed by atoms with Gasteiger partial charge < -0.3 is 15.5 Å². The van der Waals surface area contributed by atoms with Gasteiger partial charge in [-0.15, -0.1) is 0 Å². The zero-order valence-electron chi connectivity index (χ0n) is 12.7. The van der Waals surface area contributed by atoms with Crippen molar-refractivity contribution >= 4 is 11.9 Å². The topological polar surface area (TPSA) is 74.3 Å². The van der Waals surface area contributed by atoms with Crippen molar-refractivity contribution in [3.05, 3.63) is 30.1 Å². The first-order chi connectivity index (χ1) is 9.86. The van der Waals surface area contributed by atoms with Gasteiger partial charge in [0.2, 0.25) is 5.91 Å².